The Labute approximate surface area is 174 Å². The van der Waals surface area contributed by atoms with Crippen LogP contribution in [0.2, 0.25) is 0 Å². The number of anilines is 1. The number of hydrogen-bond donors (Lipinski definition) is 1. The maximum atomic E-state index is 12.5. The van der Waals surface area contributed by atoms with Gasteiger partial charge in [-0.05, 0) is 37.1 Å². The van der Waals surface area contributed by atoms with Crippen molar-refractivity contribution in [2.75, 3.05) is 11.1 Å². The summed E-state index contributed by atoms with van der Waals surface area (Å²) in [6.45, 7) is 4.00. The van der Waals surface area contributed by atoms with Gasteiger partial charge >= 0.3 is 0 Å². The number of amides is 2. The lowest BCUT2D eigenvalue weighted by molar-refractivity contribution is -0.119. The number of aryl methyl sites for hydroxylation is 1. The van der Waals surface area contributed by atoms with Gasteiger partial charge in [0.15, 0.2) is 5.17 Å². The fourth-order valence-electron chi connectivity index (χ4n) is 3.48. The fourth-order valence-corrected chi connectivity index (χ4v) is 4.33. The van der Waals surface area contributed by atoms with Crippen molar-refractivity contribution >= 4 is 46.0 Å². The number of hydrogen-bond acceptors (Lipinski definition) is 5. The maximum absolute atomic E-state index is 12.5. The average Bonchev–Trinajstić information content (AvgIpc) is 3.05. The first-order valence-electron chi connectivity index (χ1n) is 9.66. The molecule has 148 valence electrons. The summed E-state index contributed by atoms with van der Waals surface area (Å²) in [5, 5.41) is 3.59. The van der Waals surface area contributed by atoms with Crippen LogP contribution in [0.4, 0.5) is 11.4 Å². The third kappa shape index (κ3) is 3.82. The fraction of sp³-hybridized carbons (Fsp3) is 0.273. The highest BCUT2D eigenvalue weighted by Crippen LogP contribution is 2.35. The van der Waals surface area contributed by atoms with E-state index in [1.54, 1.807) is 0 Å². The highest BCUT2D eigenvalue weighted by molar-refractivity contribution is 8.14. The zero-order chi connectivity index (χ0) is 20.4. The van der Waals surface area contributed by atoms with Gasteiger partial charge in [0, 0.05) is 11.3 Å². The van der Waals surface area contributed by atoms with Gasteiger partial charge in [-0.2, -0.15) is 4.99 Å². The van der Waals surface area contributed by atoms with Gasteiger partial charge in [0.25, 0.3) is 5.91 Å². The van der Waals surface area contributed by atoms with Crippen molar-refractivity contribution in [1.82, 2.24) is 4.90 Å². The van der Waals surface area contributed by atoms with Gasteiger partial charge in [-0.1, -0.05) is 55.4 Å². The minimum absolute atomic E-state index is 0.109. The summed E-state index contributed by atoms with van der Waals surface area (Å²) in [5.74, 6) is 0.588. The van der Waals surface area contributed by atoms with E-state index in [-0.39, 0.29) is 23.6 Å². The predicted octanol–water partition coefficient (Wildman–Crippen LogP) is 4.13. The van der Waals surface area contributed by atoms with Crippen LogP contribution in [-0.4, -0.2) is 39.5 Å². The first-order chi connectivity index (χ1) is 14.1. The molecule has 0 bridgehead atoms. The first-order valence-corrected chi connectivity index (χ1v) is 10.6. The van der Waals surface area contributed by atoms with Gasteiger partial charge in [0.2, 0.25) is 5.91 Å². The molecule has 7 heteroatoms. The zero-order valence-electron chi connectivity index (χ0n) is 16.4. The Morgan fingerprint density at radius 1 is 1.14 bits per heavy atom. The third-order valence-corrected chi connectivity index (χ3v) is 5.87. The Kier molecular flexibility index (Phi) is 5.49. The molecule has 2 aromatic rings. The molecular weight excluding hydrogens is 384 g/mol. The number of aliphatic imine (C=N–C) groups is 2. The average molecular weight is 407 g/mol. The summed E-state index contributed by atoms with van der Waals surface area (Å²) in [6, 6.07) is 15.0. The molecule has 0 aliphatic carbocycles. The summed E-state index contributed by atoms with van der Waals surface area (Å²) >= 11 is 1.33. The number of amidine groups is 2. The number of nitrogens with one attached hydrogen (secondary N) is 1. The van der Waals surface area contributed by atoms with E-state index in [0.717, 1.165) is 28.9 Å². The highest BCUT2D eigenvalue weighted by Gasteiger charge is 2.41. The summed E-state index contributed by atoms with van der Waals surface area (Å²) in [5.41, 5.74) is 3.44. The van der Waals surface area contributed by atoms with Crippen molar-refractivity contribution in [2.45, 2.75) is 32.7 Å². The lowest BCUT2D eigenvalue weighted by atomic mass is 10.1. The van der Waals surface area contributed by atoms with Crippen LogP contribution in [0.25, 0.3) is 0 Å². The molecule has 0 spiro atoms. The Bertz CT molecular complexity index is 1030. The van der Waals surface area contributed by atoms with Gasteiger partial charge in [-0.15, -0.1) is 0 Å². The normalized spacial score (nSPS) is 17.4. The van der Waals surface area contributed by atoms with Crippen LogP contribution in [0.15, 0.2) is 58.5 Å². The molecule has 0 radical (unpaired) electrons. The molecule has 1 N–H and O–H groups in total. The Morgan fingerprint density at radius 2 is 1.90 bits per heavy atom. The summed E-state index contributed by atoms with van der Waals surface area (Å²) in [6.07, 6.45) is 1.56. The van der Waals surface area contributed by atoms with E-state index in [0.29, 0.717) is 17.4 Å². The second-order valence-electron chi connectivity index (χ2n) is 7.01. The first kappa shape index (κ1) is 19.4. The van der Waals surface area contributed by atoms with Gasteiger partial charge in [0.1, 0.15) is 11.9 Å². The van der Waals surface area contributed by atoms with E-state index in [9.17, 15) is 9.59 Å². The molecule has 2 aromatic carbocycles. The molecule has 1 atom stereocenters. The lowest BCUT2D eigenvalue weighted by Crippen LogP contribution is -2.43. The van der Waals surface area contributed by atoms with Crippen molar-refractivity contribution in [2.24, 2.45) is 9.98 Å². The molecule has 0 aromatic heterocycles. The van der Waals surface area contributed by atoms with Crippen molar-refractivity contribution in [3.05, 3.63) is 59.7 Å². The highest BCUT2D eigenvalue weighted by atomic mass is 32.2. The van der Waals surface area contributed by atoms with Gasteiger partial charge in [-0.25, -0.2) is 4.99 Å². The molecule has 1 unspecified atom stereocenters. The van der Waals surface area contributed by atoms with Crippen LogP contribution < -0.4 is 5.32 Å². The zero-order valence-corrected chi connectivity index (χ0v) is 17.2. The Hall–Kier alpha value is -2.93. The van der Waals surface area contributed by atoms with E-state index < -0.39 is 0 Å². The van der Waals surface area contributed by atoms with E-state index in [4.69, 9.17) is 4.99 Å². The molecule has 6 nitrogen and oxygen atoms in total. The molecule has 2 amide bonds. The second kappa shape index (κ2) is 8.21. The minimum atomic E-state index is -0.353. The Balaban J connectivity index is 1.56. The number of carbonyl (C=O) groups excluding carboxylic acids is 2. The summed E-state index contributed by atoms with van der Waals surface area (Å²) in [4.78, 5) is 36.0. The van der Waals surface area contributed by atoms with Crippen molar-refractivity contribution in [1.29, 1.82) is 0 Å². The standard InChI is InChI=1S/C22H22N4O2S/c1-3-8-18-21(28)25-20-15-10-5-7-12-17(15)24-22(26(18)20)29-13-19(27)23-16-11-6-4-9-14(16)2/h4-7,9-12,18H,3,8,13H2,1-2H3,(H,23,27). The SMILES string of the molecule is CCCC1C(=O)N=C2c3ccccc3N=C(SCC(=O)Nc3ccccc3C)N21. The van der Waals surface area contributed by atoms with Gasteiger partial charge in [-0.3, -0.25) is 14.5 Å². The number of benzene rings is 2. The molecule has 0 saturated carbocycles. The molecule has 0 saturated heterocycles. The van der Waals surface area contributed by atoms with Crippen LogP contribution in [0, 0.1) is 6.92 Å². The number of rotatable bonds is 5. The van der Waals surface area contributed by atoms with Crippen LogP contribution in [0.1, 0.15) is 30.9 Å². The monoisotopic (exact) mass is 406 g/mol. The third-order valence-electron chi connectivity index (χ3n) is 4.92. The van der Waals surface area contributed by atoms with Crippen molar-refractivity contribution < 1.29 is 9.59 Å². The molecule has 4 rings (SSSR count). The molecular formula is C22H22N4O2S. The van der Waals surface area contributed by atoms with Crippen LogP contribution >= 0.6 is 11.8 Å². The predicted molar refractivity (Wildman–Crippen MR) is 118 cm³/mol. The van der Waals surface area contributed by atoms with E-state index in [1.807, 2.05) is 67.3 Å². The smallest absolute Gasteiger partial charge is 0.270 e. The number of thioether (sulfide) groups is 1. The number of carbonyl (C=O) groups is 2. The summed E-state index contributed by atoms with van der Waals surface area (Å²) < 4.78 is 0. The minimum Gasteiger partial charge on any atom is -0.325 e. The van der Waals surface area contributed by atoms with E-state index in [1.165, 1.54) is 11.8 Å². The molecule has 29 heavy (non-hydrogen) atoms. The maximum Gasteiger partial charge on any atom is 0.270 e. The molecule has 2 aliphatic heterocycles. The van der Waals surface area contributed by atoms with E-state index >= 15 is 0 Å². The lowest BCUT2D eigenvalue weighted by Gasteiger charge is -2.30. The number of para-hydroxylation sites is 2. The van der Waals surface area contributed by atoms with Crippen molar-refractivity contribution in [3.8, 4) is 0 Å². The quantitative estimate of drug-likeness (QED) is 0.810. The van der Waals surface area contributed by atoms with Crippen LogP contribution in [0.5, 0.6) is 0 Å². The molecule has 2 heterocycles. The number of fused-ring (bicyclic) bond motifs is 3. The van der Waals surface area contributed by atoms with Crippen LogP contribution in [0.3, 0.4) is 0 Å². The molecule has 0 fully saturated rings. The van der Waals surface area contributed by atoms with Crippen LogP contribution in [-0.2, 0) is 9.59 Å². The molecule has 2 aliphatic rings. The van der Waals surface area contributed by atoms with Crippen molar-refractivity contribution in [3.63, 3.8) is 0 Å². The van der Waals surface area contributed by atoms with Gasteiger partial charge in [0.05, 0.1) is 11.4 Å². The number of nitrogens with zero attached hydrogens (tertiary/aromatic N) is 3. The topological polar surface area (TPSA) is 74.1 Å². The largest absolute Gasteiger partial charge is 0.325 e. The second-order valence-corrected chi connectivity index (χ2v) is 7.95. The van der Waals surface area contributed by atoms with E-state index in [2.05, 4.69) is 10.3 Å². The van der Waals surface area contributed by atoms with Gasteiger partial charge < -0.3 is 5.32 Å². The Morgan fingerprint density at radius 3 is 2.69 bits per heavy atom. The summed E-state index contributed by atoms with van der Waals surface area (Å²) in [7, 11) is 0.